The Labute approximate surface area is 311 Å². The van der Waals surface area contributed by atoms with E-state index in [0.29, 0.717) is 6.42 Å². The maximum atomic E-state index is 14.1. The smallest absolute Gasteiger partial charge is 0.311 e. The van der Waals surface area contributed by atoms with Crippen molar-refractivity contribution >= 4 is 5.97 Å². The van der Waals surface area contributed by atoms with Crippen molar-refractivity contribution in [2.45, 2.75) is 193 Å². The van der Waals surface area contributed by atoms with E-state index in [1.165, 1.54) is 14.0 Å². The van der Waals surface area contributed by atoms with Gasteiger partial charge in [0.15, 0.2) is 12.6 Å². The summed E-state index contributed by atoms with van der Waals surface area (Å²) < 4.78 is 37.7. The van der Waals surface area contributed by atoms with Crippen LogP contribution >= 0.6 is 0 Å². The fourth-order valence-electron chi connectivity index (χ4n) is 8.74. The van der Waals surface area contributed by atoms with Crippen LogP contribution in [0, 0.1) is 23.7 Å². The van der Waals surface area contributed by atoms with E-state index in [2.05, 4.69) is 11.5 Å². The van der Waals surface area contributed by atoms with Crippen LogP contribution in [0.2, 0.25) is 0 Å². The molecule has 0 saturated carbocycles. The minimum Gasteiger partial charge on any atom is -0.459 e. The second kappa shape index (κ2) is 17.6. The number of ether oxygens (including phenoxy) is 6. The predicted octanol–water partition coefficient (Wildman–Crippen LogP) is 3.51. The Morgan fingerprint density at radius 2 is 1.54 bits per heavy atom. The Bertz CT molecular complexity index is 1180. The SMILES string of the molecule is C=C(C)N(C)C1CC(C)OC(O[C@@H]2[C@@H](C)[C@H](OC3CC(C)(OC)C(O)C(C)O3)[C@@H](C)C(=O)O[C@H](CC)[C@@](C)(O)[C@H](O)[C@@H](C)[C@@H](O)[C@H](C)C[C@]2(C)O)C1. The van der Waals surface area contributed by atoms with Gasteiger partial charge in [-0.05, 0) is 73.6 Å². The first-order valence-corrected chi connectivity index (χ1v) is 19.2. The lowest BCUT2D eigenvalue weighted by atomic mass is 9.73. The highest BCUT2D eigenvalue weighted by Gasteiger charge is 2.53. The highest BCUT2D eigenvalue weighted by atomic mass is 16.7. The minimum absolute atomic E-state index is 0.0351. The Balaban J connectivity index is 2.16. The number of methoxy groups -OCH3 is 1. The number of esters is 1. The third-order valence-electron chi connectivity index (χ3n) is 12.4. The molecule has 0 aromatic rings. The third-order valence-corrected chi connectivity index (χ3v) is 12.4. The quantitative estimate of drug-likeness (QED) is 0.229. The molecule has 3 aliphatic rings. The molecule has 0 aromatic heterocycles. The molecule has 0 radical (unpaired) electrons. The molecule has 304 valence electrons. The number of carbonyl (C=O) groups is 1. The van der Waals surface area contributed by atoms with Crippen LogP contribution in [0.1, 0.15) is 108 Å². The predicted molar refractivity (Wildman–Crippen MR) is 195 cm³/mol. The second-order valence-corrected chi connectivity index (χ2v) is 17.0. The van der Waals surface area contributed by atoms with Gasteiger partial charge in [-0.2, -0.15) is 0 Å². The number of carbonyl (C=O) groups excluding carboxylic acids is 1. The number of aliphatic hydroxyl groups excluding tert-OH is 3. The number of allylic oxidation sites excluding steroid dienone is 1. The first-order valence-electron chi connectivity index (χ1n) is 19.2. The molecule has 3 rings (SSSR count). The molecule has 13 nitrogen and oxygen atoms in total. The molecule has 0 aliphatic carbocycles. The van der Waals surface area contributed by atoms with Crippen LogP contribution in [-0.4, -0.2) is 135 Å². The average Bonchev–Trinajstić information content (AvgIpc) is 3.07. The molecule has 0 spiro atoms. The van der Waals surface area contributed by atoms with Crippen LogP contribution in [0.3, 0.4) is 0 Å². The zero-order valence-corrected chi connectivity index (χ0v) is 33.9. The van der Waals surface area contributed by atoms with Crippen LogP contribution in [0.15, 0.2) is 12.3 Å². The number of cyclic esters (lactones) is 1. The van der Waals surface area contributed by atoms with E-state index in [0.717, 1.165) is 12.1 Å². The standard InChI is InChI=1S/C39H71NO12/c1-15-28-39(12,46)33(42)23(6)31(41)21(4)18-37(10,45)35(52-29-17-27(16-22(5)48-29)40(13)20(2)3)24(7)32(25(8)36(44)50-28)51-30-19-38(11,47-14)34(43)26(9)49-30/h21-35,41-43,45-46H,2,15-19H2,1,3-14H3/t21-,22?,23+,24+,25-,26?,27?,28-,29?,30?,31+,32+,33-,34?,35-,37+,38?,39-/m1/s1. The Hall–Kier alpha value is -1.39. The van der Waals surface area contributed by atoms with Gasteiger partial charge >= 0.3 is 5.97 Å². The van der Waals surface area contributed by atoms with Gasteiger partial charge in [0.25, 0.3) is 0 Å². The maximum Gasteiger partial charge on any atom is 0.311 e. The third kappa shape index (κ3) is 9.88. The first-order chi connectivity index (χ1) is 23.9. The molecule has 3 saturated heterocycles. The summed E-state index contributed by atoms with van der Waals surface area (Å²) >= 11 is 0. The molecule has 0 aromatic carbocycles. The molecule has 0 bridgehead atoms. The Morgan fingerprint density at radius 1 is 0.923 bits per heavy atom. The van der Waals surface area contributed by atoms with E-state index in [1.807, 2.05) is 27.8 Å². The van der Waals surface area contributed by atoms with Crippen molar-refractivity contribution in [1.82, 2.24) is 4.90 Å². The number of rotatable bonds is 8. The average molecular weight is 746 g/mol. The summed E-state index contributed by atoms with van der Waals surface area (Å²) in [5, 5.41) is 58.0. The number of aliphatic hydroxyl groups is 5. The number of hydrogen-bond acceptors (Lipinski definition) is 13. The van der Waals surface area contributed by atoms with E-state index in [9.17, 15) is 30.3 Å². The molecular weight excluding hydrogens is 674 g/mol. The summed E-state index contributed by atoms with van der Waals surface area (Å²) in [6.45, 7) is 23.2. The molecular formula is C39H71NO12. The van der Waals surface area contributed by atoms with Crippen LogP contribution in [0.5, 0.6) is 0 Å². The lowest BCUT2D eigenvalue weighted by molar-refractivity contribution is -0.309. The lowest BCUT2D eigenvalue weighted by Gasteiger charge is -2.49. The highest BCUT2D eigenvalue weighted by Crippen LogP contribution is 2.41. The van der Waals surface area contributed by atoms with E-state index in [-0.39, 0.29) is 31.4 Å². The molecule has 3 aliphatic heterocycles. The minimum atomic E-state index is -1.91. The normalized spacial score (nSPS) is 48.7. The fourth-order valence-corrected chi connectivity index (χ4v) is 8.74. The zero-order chi connectivity index (χ0) is 39.7. The van der Waals surface area contributed by atoms with Gasteiger partial charge in [0.1, 0.15) is 17.8 Å². The summed E-state index contributed by atoms with van der Waals surface area (Å²) in [4.78, 5) is 16.2. The van der Waals surface area contributed by atoms with Crippen molar-refractivity contribution in [3.8, 4) is 0 Å². The van der Waals surface area contributed by atoms with Crippen molar-refractivity contribution in [1.29, 1.82) is 0 Å². The molecule has 5 N–H and O–H groups in total. The summed E-state index contributed by atoms with van der Waals surface area (Å²) in [5.41, 5.74) is -3.66. The molecule has 7 unspecified atom stereocenters. The van der Waals surface area contributed by atoms with E-state index in [1.54, 1.807) is 48.5 Å². The van der Waals surface area contributed by atoms with E-state index in [4.69, 9.17) is 28.4 Å². The van der Waals surface area contributed by atoms with Crippen molar-refractivity contribution in [2.24, 2.45) is 23.7 Å². The van der Waals surface area contributed by atoms with E-state index >= 15 is 0 Å². The monoisotopic (exact) mass is 745 g/mol. The van der Waals surface area contributed by atoms with Crippen LogP contribution in [0.25, 0.3) is 0 Å². The Kier molecular flexibility index (Phi) is 15.2. The summed E-state index contributed by atoms with van der Waals surface area (Å²) in [5.74, 6) is -3.83. The van der Waals surface area contributed by atoms with Gasteiger partial charge in [0, 0.05) is 50.6 Å². The first kappa shape index (κ1) is 45.0. The van der Waals surface area contributed by atoms with Crippen molar-refractivity contribution in [2.75, 3.05) is 14.2 Å². The second-order valence-electron chi connectivity index (χ2n) is 17.0. The van der Waals surface area contributed by atoms with Gasteiger partial charge in [-0.3, -0.25) is 4.79 Å². The van der Waals surface area contributed by atoms with Gasteiger partial charge in [0.05, 0.1) is 53.7 Å². The molecule has 3 fully saturated rings. The van der Waals surface area contributed by atoms with Gasteiger partial charge in [0.2, 0.25) is 0 Å². The van der Waals surface area contributed by atoms with Crippen LogP contribution in [-0.2, 0) is 33.2 Å². The Morgan fingerprint density at radius 3 is 2.10 bits per heavy atom. The molecule has 0 amide bonds. The summed E-state index contributed by atoms with van der Waals surface area (Å²) in [6.07, 6.45) is -7.60. The van der Waals surface area contributed by atoms with Crippen molar-refractivity contribution in [3.63, 3.8) is 0 Å². The maximum absolute atomic E-state index is 14.1. The number of hydrogen-bond donors (Lipinski definition) is 5. The molecule has 3 heterocycles. The highest BCUT2D eigenvalue weighted by molar-refractivity contribution is 5.73. The summed E-state index contributed by atoms with van der Waals surface area (Å²) in [7, 11) is 3.49. The molecule has 13 heteroatoms. The van der Waals surface area contributed by atoms with Crippen LogP contribution < -0.4 is 0 Å². The van der Waals surface area contributed by atoms with Gasteiger partial charge in [-0.1, -0.05) is 34.3 Å². The number of nitrogens with zero attached hydrogens (tertiary/aromatic N) is 1. The van der Waals surface area contributed by atoms with Crippen molar-refractivity contribution < 1.29 is 58.7 Å². The van der Waals surface area contributed by atoms with E-state index < -0.39 is 102 Å². The molecule has 18 atom stereocenters. The van der Waals surface area contributed by atoms with Crippen molar-refractivity contribution in [3.05, 3.63) is 12.3 Å². The van der Waals surface area contributed by atoms with Gasteiger partial charge < -0.3 is 58.9 Å². The fraction of sp³-hybridized carbons (Fsp3) is 0.923. The lowest BCUT2D eigenvalue weighted by Crippen LogP contribution is -2.60. The summed E-state index contributed by atoms with van der Waals surface area (Å²) in [6, 6.07) is 0.0584. The van der Waals surface area contributed by atoms with Gasteiger partial charge in [-0.15, -0.1) is 0 Å². The van der Waals surface area contributed by atoms with Gasteiger partial charge in [-0.25, -0.2) is 0 Å². The zero-order valence-electron chi connectivity index (χ0n) is 33.9. The largest absolute Gasteiger partial charge is 0.459 e. The van der Waals surface area contributed by atoms with Crippen LogP contribution in [0.4, 0.5) is 0 Å². The molecule has 52 heavy (non-hydrogen) atoms. The topological polar surface area (TPSA) is 177 Å².